The Balaban J connectivity index is 1.68. The van der Waals surface area contributed by atoms with Crippen LogP contribution in [0, 0.1) is 6.92 Å². The van der Waals surface area contributed by atoms with Crippen molar-refractivity contribution in [2.45, 2.75) is 45.6 Å². The summed E-state index contributed by atoms with van der Waals surface area (Å²) in [6.07, 6.45) is 2.51. The molecule has 6 nitrogen and oxygen atoms in total. The lowest BCUT2D eigenvalue weighted by Gasteiger charge is -2.29. The Hall–Kier alpha value is -2.19. The molecule has 8 heteroatoms. The molecule has 2 heterocycles. The molecule has 1 aliphatic heterocycles. The van der Waals surface area contributed by atoms with Gasteiger partial charge in [-0.05, 0) is 85.4 Å². The van der Waals surface area contributed by atoms with Gasteiger partial charge in [0.1, 0.15) is 5.54 Å². The summed E-state index contributed by atoms with van der Waals surface area (Å²) in [5, 5.41) is 5.64. The van der Waals surface area contributed by atoms with Crippen molar-refractivity contribution in [3.63, 3.8) is 0 Å². The van der Waals surface area contributed by atoms with E-state index in [4.69, 9.17) is 0 Å². The van der Waals surface area contributed by atoms with Crippen LogP contribution in [-0.4, -0.2) is 29.8 Å². The van der Waals surface area contributed by atoms with Gasteiger partial charge in [0.15, 0.2) is 0 Å². The summed E-state index contributed by atoms with van der Waals surface area (Å²) in [4.78, 5) is 39.7. The number of nitrogens with zero attached hydrogens (tertiary/aromatic N) is 1. The zero-order chi connectivity index (χ0) is 21.2. The number of nitrogens with one attached hydrogen (secondary N) is 2. The summed E-state index contributed by atoms with van der Waals surface area (Å²) < 4.78 is 0.854. The maximum atomic E-state index is 12.8. The normalized spacial score (nSPS) is 14.6. The first-order chi connectivity index (χ1) is 13.7. The smallest absolute Gasteiger partial charge is 0.262 e. The molecule has 0 unspecified atom stereocenters. The van der Waals surface area contributed by atoms with Crippen molar-refractivity contribution in [1.82, 2.24) is 5.32 Å². The number of amides is 3. The van der Waals surface area contributed by atoms with Gasteiger partial charge in [-0.1, -0.05) is 0 Å². The molecule has 2 aromatic rings. The van der Waals surface area contributed by atoms with Crippen molar-refractivity contribution in [1.29, 1.82) is 0 Å². The van der Waals surface area contributed by atoms with E-state index in [0.717, 1.165) is 34.4 Å². The van der Waals surface area contributed by atoms with Crippen LogP contribution in [0.4, 0.5) is 11.4 Å². The highest BCUT2D eigenvalue weighted by Gasteiger charge is 2.30. The van der Waals surface area contributed by atoms with Crippen molar-refractivity contribution < 1.29 is 14.4 Å². The van der Waals surface area contributed by atoms with Gasteiger partial charge >= 0.3 is 0 Å². The lowest BCUT2D eigenvalue weighted by atomic mass is 10.0. The maximum Gasteiger partial charge on any atom is 0.262 e. The molecule has 0 bridgehead atoms. The average molecular weight is 478 g/mol. The monoisotopic (exact) mass is 477 g/mol. The van der Waals surface area contributed by atoms with Crippen molar-refractivity contribution in [3.05, 3.63) is 44.6 Å². The second-order valence-corrected chi connectivity index (χ2v) is 10.1. The first-order valence-corrected chi connectivity index (χ1v) is 11.1. The molecule has 154 valence electrons. The van der Waals surface area contributed by atoms with Crippen molar-refractivity contribution >= 4 is 56.4 Å². The zero-order valence-corrected chi connectivity index (χ0v) is 19.1. The Morgan fingerprint density at radius 1 is 1.17 bits per heavy atom. The first kappa shape index (κ1) is 21.5. The van der Waals surface area contributed by atoms with Crippen LogP contribution in [0.25, 0.3) is 0 Å². The van der Waals surface area contributed by atoms with Gasteiger partial charge in [0.25, 0.3) is 5.91 Å². The van der Waals surface area contributed by atoms with E-state index in [1.54, 1.807) is 32.0 Å². The minimum absolute atomic E-state index is 0.139. The second-order valence-electron chi connectivity index (χ2n) is 7.64. The highest BCUT2D eigenvalue weighted by atomic mass is 79.9. The van der Waals surface area contributed by atoms with Gasteiger partial charge in [-0.2, -0.15) is 0 Å². The third kappa shape index (κ3) is 5.05. The predicted molar refractivity (Wildman–Crippen MR) is 120 cm³/mol. The summed E-state index contributed by atoms with van der Waals surface area (Å²) in [7, 11) is 0. The zero-order valence-electron chi connectivity index (χ0n) is 16.7. The van der Waals surface area contributed by atoms with Crippen LogP contribution < -0.4 is 15.5 Å². The van der Waals surface area contributed by atoms with Gasteiger partial charge in [0.2, 0.25) is 11.8 Å². The molecule has 3 amide bonds. The van der Waals surface area contributed by atoms with Crippen molar-refractivity contribution in [2.24, 2.45) is 0 Å². The number of carbonyl (C=O) groups is 3. The molecule has 0 spiro atoms. The van der Waals surface area contributed by atoms with E-state index >= 15 is 0 Å². The third-order valence-electron chi connectivity index (χ3n) is 4.86. The molecule has 0 aliphatic carbocycles. The van der Waals surface area contributed by atoms with Crippen LogP contribution in [0.3, 0.4) is 0 Å². The van der Waals surface area contributed by atoms with E-state index < -0.39 is 5.54 Å². The molecule has 1 fully saturated rings. The van der Waals surface area contributed by atoms with Gasteiger partial charge in [-0.25, -0.2) is 0 Å². The topological polar surface area (TPSA) is 78.5 Å². The summed E-state index contributed by atoms with van der Waals surface area (Å²) in [6.45, 7) is 5.98. The lowest BCUT2D eigenvalue weighted by molar-refractivity contribution is -0.121. The highest BCUT2D eigenvalue weighted by Crippen LogP contribution is 2.27. The number of benzene rings is 1. The molecule has 1 aromatic carbocycles. The number of thiophene rings is 1. The number of aryl methyl sites for hydroxylation is 1. The number of hydrogen-bond acceptors (Lipinski definition) is 4. The van der Waals surface area contributed by atoms with E-state index in [1.165, 1.54) is 11.3 Å². The number of hydrogen-bond donors (Lipinski definition) is 2. The van der Waals surface area contributed by atoms with E-state index in [2.05, 4.69) is 26.6 Å². The minimum Gasteiger partial charge on any atom is -0.337 e. The van der Waals surface area contributed by atoms with Crippen LogP contribution in [0.15, 0.2) is 34.1 Å². The minimum atomic E-state index is -1.09. The Morgan fingerprint density at radius 3 is 2.55 bits per heavy atom. The van der Waals surface area contributed by atoms with Gasteiger partial charge in [-0.3, -0.25) is 14.4 Å². The molecule has 0 atom stereocenters. The van der Waals surface area contributed by atoms with Gasteiger partial charge in [0.05, 0.1) is 8.66 Å². The van der Waals surface area contributed by atoms with Crippen LogP contribution in [-0.2, 0) is 9.59 Å². The molecular formula is C21H24BrN3O3S. The standard InChI is InChI=1S/C21H24BrN3O3S/c1-13-12-14(7-8-15(13)25-11-5-4-6-18(25)26)23-20(28)21(2,3)24-19(27)16-9-10-17(22)29-16/h7-10,12H,4-6,11H2,1-3H3,(H,23,28)(H,24,27). The Bertz CT molecular complexity index is 954. The van der Waals surface area contributed by atoms with E-state index in [1.807, 2.05) is 24.0 Å². The number of halogens is 1. The summed E-state index contributed by atoms with van der Waals surface area (Å²) in [5.74, 6) is -0.473. The van der Waals surface area contributed by atoms with Crippen LogP contribution in [0.2, 0.25) is 0 Å². The SMILES string of the molecule is Cc1cc(NC(=O)C(C)(C)NC(=O)c2ccc(Br)s2)ccc1N1CCCCC1=O. The van der Waals surface area contributed by atoms with Gasteiger partial charge in [0, 0.05) is 24.3 Å². The Labute approximate surface area is 182 Å². The number of carbonyl (C=O) groups excluding carboxylic acids is 3. The fourth-order valence-corrected chi connectivity index (χ4v) is 4.50. The van der Waals surface area contributed by atoms with E-state index in [0.29, 0.717) is 17.0 Å². The molecular weight excluding hydrogens is 454 g/mol. The van der Waals surface area contributed by atoms with E-state index in [-0.39, 0.29) is 17.7 Å². The fourth-order valence-electron chi connectivity index (χ4n) is 3.22. The lowest BCUT2D eigenvalue weighted by Crippen LogP contribution is -2.52. The van der Waals surface area contributed by atoms with Gasteiger partial charge < -0.3 is 15.5 Å². The van der Waals surface area contributed by atoms with Crippen molar-refractivity contribution in [2.75, 3.05) is 16.8 Å². The molecule has 1 saturated heterocycles. The number of anilines is 2. The Morgan fingerprint density at radius 2 is 1.93 bits per heavy atom. The van der Waals surface area contributed by atoms with Crippen LogP contribution in [0.1, 0.15) is 48.3 Å². The predicted octanol–water partition coefficient (Wildman–Crippen LogP) is 4.48. The van der Waals surface area contributed by atoms with Crippen molar-refractivity contribution in [3.8, 4) is 0 Å². The average Bonchev–Trinajstić information content (AvgIpc) is 3.09. The molecule has 29 heavy (non-hydrogen) atoms. The third-order valence-corrected chi connectivity index (χ3v) is 6.48. The summed E-state index contributed by atoms with van der Waals surface area (Å²) in [5.41, 5.74) is 1.33. The molecule has 2 N–H and O–H groups in total. The molecule has 0 saturated carbocycles. The first-order valence-electron chi connectivity index (χ1n) is 9.48. The Kier molecular flexibility index (Phi) is 6.43. The second kappa shape index (κ2) is 8.67. The molecule has 3 rings (SSSR count). The van der Waals surface area contributed by atoms with Crippen LogP contribution in [0.5, 0.6) is 0 Å². The summed E-state index contributed by atoms with van der Waals surface area (Å²) >= 11 is 4.64. The highest BCUT2D eigenvalue weighted by molar-refractivity contribution is 9.11. The molecule has 1 aliphatic rings. The van der Waals surface area contributed by atoms with Gasteiger partial charge in [-0.15, -0.1) is 11.3 Å². The van der Waals surface area contributed by atoms with Crippen LogP contribution >= 0.6 is 27.3 Å². The number of rotatable bonds is 5. The largest absolute Gasteiger partial charge is 0.337 e. The summed E-state index contributed by atoms with van der Waals surface area (Å²) in [6, 6.07) is 9.01. The molecule has 0 radical (unpaired) electrons. The quantitative estimate of drug-likeness (QED) is 0.665. The maximum absolute atomic E-state index is 12.8. The van der Waals surface area contributed by atoms with E-state index in [9.17, 15) is 14.4 Å². The number of piperidine rings is 1. The fraction of sp³-hybridized carbons (Fsp3) is 0.381. The molecule has 1 aromatic heterocycles.